The normalized spacial score (nSPS) is 10.0. The van der Waals surface area contributed by atoms with Crippen molar-refractivity contribution in [3.8, 4) is 17.1 Å². The zero-order valence-electron chi connectivity index (χ0n) is 8.16. The zero-order chi connectivity index (χ0) is 11.5. The summed E-state index contributed by atoms with van der Waals surface area (Å²) in [5.41, 5.74) is 0.707. The van der Waals surface area contributed by atoms with Crippen LogP contribution in [0.25, 0.3) is 11.4 Å². The van der Waals surface area contributed by atoms with Crippen LogP contribution in [0.2, 0.25) is 0 Å². The van der Waals surface area contributed by atoms with E-state index in [1.807, 2.05) is 0 Å². The van der Waals surface area contributed by atoms with Crippen molar-refractivity contribution in [1.82, 2.24) is 9.97 Å². The van der Waals surface area contributed by atoms with Gasteiger partial charge in [0.05, 0.1) is 11.3 Å². The minimum atomic E-state index is -1.04. The van der Waals surface area contributed by atoms with Crippen LogP contribution >= 0.6 is 0 Å². The van der Waals surface area contributed by atoms with Crippen LogP contribution in [0.4, 0.5) is 0 Å². The van der Waals surface area contributed by atoms with E-state index in [-0.39, 0.29) is 17.0 Å². The topological polar surface area (TPSA) is 83.3 Å². The molecule has 0 bridgehead atoms. The molecule has 80 valence electrons. The average molecular weight is 216 g/mol. The quantitative estimate of drug-likeness (QED) is 0.795. The largest absolute Gasteiger partial charge is 0.506 e. The van der Waals surface area contributed by atoms with Crippen LogP contribution in [0.15, 0.2) is 36.7 Å². The Balaban J connectivity index is 2.53. The van der Waals surface area contributed by atoms with Crippen molar-refractivity contribution in [2.75, 3.05) is 0 Å². The second-order valence-corrected chi connectivity index (χ2v) is 3.11. The smallest absolute Gasteiger partial charge is 0.335 e. The van der Waals surface area contributed by atoms with Crippen molar-refractivity contribution in [1.29, 1.82) is 0 Å². The lowest BCUT2D eigenvalue weighted by molar-refractivity contribution is 0.0697. The van der Waals surface area contributed by atoms with E-state index in [0.29, 0.717) is 5.69 Å². The molecule has 0 aliphatic carbocycles. The van der Waals surface area contributed by atoms with Gasteiger partial charge in [0.2, 0.25) is 0 Å². The van der Waals surface area contributed by atoms with Gasteiger partial charge < -0.3 is 10.2 Å². The van der Waals surface area contributed by atoms with E-state index in [0.717, 1.165) is 0 Å². The molecule has 2 rings (SSSR count). The Kier molecular flexibility index (Phi) is 2.51. The molecule has 0 amide bonds. The fraction of sp³-hybridized carbons (Fsp3) is 0. The zero-order valence-corrected chi connectivity index (χ0v) is 8.16. The van der Waals surface area contributed by atoms with Crippen molar-refractivity contribution in [3.05, 3.63) is 42.2 Å². The standard InChI is InChI=1S/C11H8N2O3/c14-9-2-1-4-13-10(9)8-6-7(11(15)16)3-5-12-8/h1-6,14H,(H,15,16). The second kappa shape index (κ2) is 3.98. The molecule has 0 radical (unpaired) electrons. The van der Waals surface area contributed by atoms with Crippen LogP contribution in [0.5, 0.6) is 5.75 Å². The highest BCUT2D eigenvalue weighted by atomic mass is 16.4. The molecule has 0 aromatic carbocycles. The van der Waals surface area contributed by atoms with Gasteiger partial charge in [0.25, 0.3) is 0 Å². The Hall–Kier alpha value is -2.43. The summed E-state index contributed by atoms with van der Waals surface area (Å²) >= 11 is 0. The van der Waals surface area contributed by atoms with Gasteiger partial charge in [-0.25, -0.2) is 4.79 Å². The number of rotatable bonds is 2. The number of carboxylic acids is 1. The van der Waals surface area contributed by atoms with Crippen molar-refractivity contribution in [2.24, 2.45) is 0 Å². The predicted octanol–water partition coefficient (Wildman–Crippen LogP) is 1.55. The third kappa shape index (κ3) is 1.83. The van der Waals surface area contributed by atoms with Gasteiger partial charge in [-0.1, -0.05) is 0 Å². The number of pyridine rings is 2. The molecular formula is C11H8N2O3. The van der Waals surface area contributed by atoms with E-state index < -0.39 is 5.97 Å². The maximum atomic E-state index is 10.8. The first-order valence-electron chi connectivity index (χ1n) is 4.52. The summed E-state index contributed by atoms with van der Waals surface area (Å²) in [4.78, 5) is 18.7. The van der Waals surface area contributed by atoms with Crippen LogP contribution in [0.3, 0.4) is 0 Å². The molecule has 2 aromatic heterocycles. The minimum absolute atomic E-state index is 0.0301. The van der Waals surface area contributed by atoms with Gasteiger partial charge in [0.1, 0.15) is 11.4 Å². The number of nitrogens with zero attached hydrogens (tertiary/aromatic N) is 2. The highest BCUT2D eigenvalue weighted by molar-refractivity contribution is 5.88. The van der Waals surface area contributed by atoms with Gasteiger partial charge in [0.15, 0.2) is 0 Å². The van der Waals surface area contributed by atoms with Gasteiger partial charge in [-0.15, -0.1) is 0 Å². The number of carboxylic acid groups (broad SMARTS) is 1. The number of aromatic carboxylic acids is 1. The third-order valence-electron chi connectivity index (χ3n) is 2.04. The highest BCUT2D eigenvalue weighted by Gasteiger charge is 2.09. The van der Waals surface area contributed by atoms with Crippen LogP contribution in [0, 0.1) is 0 Å². The molecule has 2 heterocycles. The minimum Gasteiger partial charge on any atom is -0.506 e. The summed E-state index contributed by atoms with van der Waals surface area (Å²) in [5.74, 6) is -1.07. The molecule has 0 saturated heterocycles. The lowest BCUT2D eigenvalue weighted by Gasteiger charge is -2.02. The molecule has 2 aromatic rings. The molecule has 0 atom stereocenters. The highest BCUT2D eigenvalue weighted by Crippen LogP contribution is 2.24. The predicted molar refractivity (Wildman–Crippen MR) is 56.1 cm³/mol. The van der Waals surface area contributed by atoms with Crippen LogP contribution in [0.1, 0.15) is 10.4 Å². The van der Waals surface area contributed by atoms with Crippen molar-refractivity contribution in [3.63, 3.8) is 0 Å². The fourth-order valence-corrected chi connectivity index (χ4v) is 1.29. The molecule has 0 aliphatic rings. The van der Waals surface area contributed by atoms with Gasteiger partial charge in [-0.2, -0.15) is 0 Å². The van der Waals surface area contributed by atoms with Gasteiger partial charge in [-0.05, 0) is 24.3 Å². The van der Waals surface area contributed by atoms with E-state index in [1.165, 1.54) is 30.6 Å². The molecule has 16 heavy (non-hydrogen) atoms. The summed E-state index contributed by atoms with van der Waals surface area (Å²) in [7, 11) is 0. The van der Waals surface area contributed by atoms with Crippen LogP contribution < -0.4 is 0 Å². The van der Waals surface area contributed by atoms with Gasteiger partial charge in [0, 0.05) is 12.4 Å². The molecule has 0 spiro atoms. The molecule has 0 fully saturated rings. The van der Waals surface area contributed by atoms with Crippen molar-refractivity contribution < 1.29 is 15.0 Å². The van der Waals surface area contributed by atoms with Crippen LogP contribution in [-0.4, -0.2) is 26.2 Å². The Bertz CT molecular complexity index is 540. The van der Waals surface area contributed by atoms with E-state index >= 15 is 0 Å². The summed E-state index contributed by atoms with van der Waals surface area (Å²) in [6.07, 6.45) is 2.87. The number of aromatic nitrogens is 2. The summed E-state index contributed by atoms with van der Waals surface area (Å²) < 4.78 is 0. The molecule has 0 aliphatic heterocycles. The van der Waals surface area contributed by atoms with E-state index in [2.05, 4.69) is 9.97 Å². The Labute approximate surface area is 91.0 Å². The maximum Gasteiger partial charge on any atom is 0.335 e. The van der Waals surface area contributed by atoms with Gasteiger partial charge in [-0.3, -0.25) is 9.97 Å². The Morgan fingerprint density at radius 1 is 1.19 bits per heavy atom. The molecule has 5 nitrogen and oxygen atoms in total. The number of aromatic hydroxyl groups is 1. The number of carbonyl (C=O) groups is 1. The summed E-state index contributed by atoms with van der Waals surface area (Å²) in [5, 5.41) is 18.4. The SMILES string of the molecule is O=C(O)c1ccnc(-c2ncccc2O)c1. The first-order chi connectivity index (χ1) is 7.68. The second-order valence-electron chi connectivity index (χ2n) is 3.11. The van der Waals surface area contributed by atoms with Crippen molar-refractivity contribution >= 4 is 5.97 Å². The lowest BCUT2D eigenvalue weighted by Crippen LogP contribution is -1.97. The molecule has 5 heteroatoms. The number of hydrogen-bond acceptors (Lipinski definition) is 4. The molecule has 0 unspecified atom stereocenters. The van der Waals surface area contributed by atoms with Gasteiger partial charge >= 0.3 is 5.97 Å². The van der Waals surface area contributed by atoms with Crippen LogP contribution in [-0.2, 0) is 0 Å². The molecular weight excluding hydrogens is 208 g/mol. The van der Waals surface area contributed by atoms with Crippen molar-refractivity contribution in [2.45, 2.75) is 0 Å². The fourth-order valence-electron chi connectivity index (χ4n) is 1.29. The molecule has 0 saturated carbocycles. The van der Waals surface area contributed by atoms with E-state index in [4.69, 9.17) is 5.11 Å². The number of hydrogen-bond donors (Lipinski definition) is 2. The Morgan fingerprint density at radius 3 is 2.69 bits per heavy atom. The first kappa shape index (κ1) is 10.1. The lowest BCUT2D eigenvalue weighted by atomic mass is 10.2. The maximum absolute atomic E-state index is 10.8. The summed E-state index contributed by atoms with van der Waals surface area (Å²) in [6, 6.07) is 5.80. The summed E-state index contributed by atoms with van der Waals surface area (Å²) in [6.45, 7) is 0. The van der Waals surface area contributed by atoms with E-state index in [9.17, 15) is 9.90 Å². The van der Waals surface area contributed by atoms with E-state index in [1.54, 1.807) is 6.07 Å². The third-order valence-corrected chi connectivity index (χ3v) is 2.04. The monoisotopic (exact) mass is 216 g/mol. The first-order valence-corrected chi connectivity index (χ1v) is 4.52. The average Bonchev–Trinajstić information content (AvgIpc) is 2.30. The molecule has 2 N–H and O–H groups in total. The Morgan fingerprint density at radius 2 is 2.00 bits per heavy atom.